The van der Waals surface area contributed by atoms with Crippen LogP contribution in [0.3, 0.4) is 0 Å². The number of sulfone groups is 1. The van der Waals surface area contributed by atoms with E-state index < -0.39 is 9.84 Å². The molecule has 0 bridgehead atoms. The third-order valence-electron chi connectivity index (χ3n) is 4.54. The van der Waals surface area contributed by atoms with Gasteiger partial charge in [0.05, 0.1) is 5.57 Å². The van der Waals surface area contributed by atoms with E-state index in [4.69, 9.17) is 0 Å². The topological polar surface area (TPSA) is 68.3 Å². The fraction of sp³-hybridized carbons (Fsp3) is 0.412. The molecule has 1 aromatic carbocycles. The monoisotopic (exact) mass is 406 g/mol. The van der Waals surface area contributed by atoms with Gasteiger partial charge in [0.25, 0.3) is 0 Å². The van der Waals surface area contributed by atoms with E-state index in [0.717, 1.165) is 18.4 Å². The summed E-state index contributed by atoms with van der Waals surface area (Å²) in [4.78, 5) is 25.0. The number of carbonyl (C=O) groups is 2. The molecule has 4 nitrogen and oxygen atoms in total. The normalized spacial score (nSPS) is 19.3. The molecule has 1 aliphatic heterocycles. The van der Waals surface area contributed by atoms with Crippen molar-refractivity contribution in [2.45, 2.75) is 44.4 Å². The SMILES string of the molecule is CC1=C(C(=O)c2c[c-]c3c(c2C)CCS3(=O)=O)C(=O)CCC1.[Y]. The number of ketones is 2. The van der Waals surface area contributed by atoms with Gasteiger partial charge >= 0.3 is 0 Å². The van der Waals surface area contributed by atoms with Crippen LogP contribution in [-0.4, -0.2) is 25.7 Å². The zero-order chi connectivity index (χ0) is 16.1. The molecular weight excluding hydrogens is 389 g/mol. The van der Waals surface area contributed by atoms with Crippen molar-refractivity contribution in [1.29, 1.82) is 0 Å². The first-order chi connectivity index (χ1) is 10.3. The summed E-state index contributed by atoms with van der Waals surface area (Å²) >= 11 is 0. The number of hydrogen-bond donors (Lipinski definition) is 0. The van der Waals surface area contributed by atoms with E-state index in [0.29, 0.717) is 29.5 Å². The van der Waals surface area contributed by atoms with Gasteiger partial charge < -0.3 is 4.79 Å². The Morgan fingerprint density at radius 2 is 1.87 bits per heavy atom. The zero-order valence-corrected chi connectivity index (χ0v) is 16.9. The van der Waals surface area contributed by atoms with Gasteiger partial charge in [-0.05, 0) is 24.7 Å². The summed E-state index contributed by atoms with van der Waals surface area (Å²) in [5, 5.41) is 0. The number of carbonyl (C=O) groups excluding carboxylic acids is 2. The van der Waals surface area contributed by atoms with Gasteiger partial charge in [-0.1, -0.05) is 24.5 Å². The van der Waals surface area contributed by atoms with Crippen LogP contribution in [-0.2, 0) is 53.8 Å². The van der Waals surface area contributed by atoms with Crippen molar-refractivity contribution in [3.8, 4) is 0 Å². The second kappa shape index (κ2) is 6.69. The molecule has 0 amide bonds. The van der Waals surface area contributed by atoms with Crippen LogP contribution in [0.15, 0.2) is 22.1 Å². The van der Waals surface area contributed by atoms with E-state index in [-0.39, 0.29) is 60.5 Å². The van der Waals surface area contributed by atoms with Crippen LogP contribution in [0.4, 0.5) is 0 Å². The van der Waals surface area contributed by atoms with Crippen molar-refractivity contribution in [3.63, 3.8) is 0 Å². The standard InChI is InChI=1S/C17H17O4S.Y/c1-10-4-3-5-14(18)16(10)17(19)13-6-7-15-12(11(13)2)8-9-22(15,20)21;/h6H,3-5,8-9H2,1-2H3;/q-1;. The summed E-state index contributed by atoms with van der Waals surface area (Å²) in [7, 11) is -3.26. The molecule has 23 heavy (non-hydrogen) atoms. The van der Waals surface area contributed by atoms with Crippen molar-refractivity contribution >= 4 is 21.4 Å². The van der Waals surface area contributed by atoms with Crippen molar-refractivity contribution in [2.75, 3.05) is 5.75 Å². The molecule has 1 radical (unpaired) electrons. The third kappa shape index (κ3) is 3.15. The molecular formula is C17H17O4SY-. The average molecular weight is 406 g/mol. The molecule has 0 unspecified atom stereocenters. The average Bonchev–Trinajstić information content (AvgIpc) is 2.75. The van der Waals surface area contributed by atoms with Crippen molar-refractivity contribution in [2.24, 2.45) is 0 Å². The first-order valence-corrected chi connectivity index (χ1v) is 9.02. The molecule has 119 valence electrons. The quantitative estimate of drug-likeness (QED) is 0.430. The van der Waals surface area contributed by atoms with E-state index in [9.17, 15) is 18.0 Å². The van der Waals surface area contributed by atoms with E-state index in [1.807, 2.05) is 6.92 Å². The van der Waals surface area contributed by atoms with Gasteiger partial charge in [0, 0.05) is 44.9 Å². The summed E-state index contributed by atoms with van der Waals surface area (Å²) in [6, 6.07) is 4.19. The van der Waals surface area contributed by atoms with Gasteiger partial charge in [0.1, 0.15) is 5.78 Å². The van der Waals surface area contributed by atoms with Crippen molar-refractivity contribution in [1.82, 2.24) is 0 Å². The minimum absolute atomic E-state index is 0. The van der Waals surface area contributed by atoms with Crippen LogP contribution in [0.5, 0.6) is 0 Å². The summed E-state index contributed by atoms with van der Waals surface area (Å²) in [5.74, 6) is -0.331. The molecule has 0 N–H and O–H groups in total. The number of hydrogen-bond acceptors (Lipinski definition) is 4. The Labute approximate surface area is 161 Å². The fourth-order valence-electron chi connectivity index (χ4n) is 3.28. The number of Topliss-reactive ketones (excluding diaryl/α,β-unsaturated/α-hetero) is 2. The van der Waals surface area contributed by atoms with Crippen molar-refractivity contribution < 1.29 is 50.7 Å². The van der Waals surface area contributed by atoms with Crippen LogP contribution >= 0.6 is 0 Å². The molecule has 0 aromatic heterocycles. The number of allylic oxidation sites excluding steroid dienone is 2. The van der Waals surface area contributed by atoms with E-state index >= 15 is 0 Å². The predicted octanol–water partition coefficient (Wildman–Crippen LogP) is 2.37. The van der Waals surface area contributed by atoms with Crippen LogP contribution in [0.2, 0.25) is 0 Å². The minimum atomic E-state index is -3.26. The maximum atomic E-state index is 12.8. The van der Waals surface area contributed by atoms with Gasteiger partial charge in [-0.2, -0.15) is 12.1 Å². The Morgan fingerprint density at radius 1 is 1.17 bits per heavy atom. The Kier molecular flexibility index (Phi) is 5.44. The molecule has 0 atom stereocenters. The molecule has 1 heterocycles. The first-order valence-electron chi connectivity index (χ1n) is 7.37. The number of benzene rings is 1. The Bertz CT molecular complexity index is 834. The molecule has 0 saturated heterocycles. The third-order valence-corrected chi connectivity index (χ3v) is 6.27. The van der Waals surface area contributed by atoms with Gasteiger partial charge in [0.15, 0.2) is 15.6 Å². The zero-order valence-electron chi connectivity index (χ0n) is 13.2. The second-order valence-corrected chi connectivity index (χ2v) is 8.01. The van der Waals surface area contributed by atoms with Crippen LogP contribution < -0.4 is 0 Å². The summed E-state index contributed by atoms with van der Waals surface area (Å²) in [6.07, 6.45) is 2.36. The molecule has 0 saturated carbocycles. The molecule has 0 spiro atoms. The number of fused-ring (bicyclic) bond motifs is 1. The smallest absolute Gasteiger partial charge is 0.165 e. The maximum absolute atomic E-state index is 12.8. The summed E-state index contributed by atoms with van der Waals surface area (Å²) < 4.78 is 23.8. The van der Waals surface area contributed by atoms with Crippen LogP contribution in [0.1, 0.15) is 47.7 Å². The van der Waals surface area contributed by atoms with E-state index in [2.05, 4.69) is 6.07 Å². The van der Waals surface area contributed by atoms with Crippen molar-refractivity contribution in [3.05, 3.63) is 40.0 Å². The molecule has 3 rings (SSSR count). The Hall–Kier alpha value is -0.646. The fourth-order valence-corrected chi connectivity index (χ4v) is 4.82. The van der Waals surface area contributed by atoms with Crippen LogP contribution in [0.25, 0.3) is 0 Å². The molecule has 0 fully saturated rings. The van der Waals surface area contributed by atoms with Gasteiger partial charge in [-0.3, -0.25) is 4.79 Å². The maximum Gasteiger partial charge on any atom is 0.165 e. The van der Waals surface area contributed by atoms with Gasteiger partial charge in [-0.15, -0.1) is 11.1 Å². The van der Waals surface area contributed by atoms with Crippen LogP contribution in [0, 0.1) is 13.0 Å². The summed E-state index contributed by atoms with van der Waals surface area (Å²) in [6.45, 7) is 3.57. The molecule has 6 heteroatoms. The van der Waals surface area contributed by atoms with Gasteiger partial charge in [0.2, 0.25) is 0 Å². The van der Waals surface area contributed by atoms with E-state index in [1.54, 1.807) is 6.92 Å². The number of rotatable bonds is 2. The summed E-state index contributed by atoms with van der Waals surface area (Å²) in [5.41, 5.74) is 2.85. The van der Waals surface area contributed by atoms with E-state index in [1.165, 1.54) is 6.07 Å². The Balaban J connectivity index is 0.00000192. The first kappa shape index (κ1) is 18.7. The minimum Gasteiger partial charge on any atom is -0.303 e. The second-order valence-electron chi connectivity index (χ2n) is 5.97. The van der Waals surface area contributed by atoms with Gasteiger partial charge in [-0.25, -0.2) is 8.42 Å². The molecule has 1 aromatic rings. The molecule has 1 aliphatic carbocycles. The predicted molar refractivity (Wildman–Crippen MR) is 81.7 cm³/mol. The molecule has 2 aliphatic rings. The Morgan fingerprint density at radius 3 is 2.52 bits per heavy atom. The largest absolute Gasteiger partial charge is 0.303 e.